The lowest BCUT2D eigenvalue weighted by atomic mass is 10.0. The van der Waals surface area contributed by atoms with Gasteiger partial charge in [-0.3, -0.25) is 4.79 Å². The van der Waals surface area contributed by atoms with E-state index >= 15 is 0 Å². The molecule has 0 spiro atoms. The van der Waals surface area contributed by atoms with E-state index in [1.54, 1.807) is 0 Å². The first-order chi connectivity index (χ1) is 8.81. The number of ether oxygens (including phenoxy) is 1. The van der Waals surface area contributed by atoms with Crippen molar-refractivity contribution in [2.24, 2.45) is 0 Å². The van der Waals surface area contributed by atoms with Crippen molar-refractivity contribution in [1.82, 2.24) is 5.32 Å². The zero-order chi connectivity index (χ0) is 12.8. The molecule has 0 unspecified atom stereocenters. The highest BCUT2D eigenvalue weighted by Crippen LogP contribution is 2.28. The van der Waals surface area contributed by atoms with Gasteiger partial charge in [-0.1, -0.05) is 19.1 Å². The lowest BCUT2D eigenvalue weighted by molar-refractivity contribution is -0.121. The molecule has 0 saturated heterocycles. The van der Waals surface area contributed by atoms with Crippen LogP contribution in [0.4, 0.5) is 0 Å². The zero-order valence-electron chi connectivity index (χ0n) is 11.0. The summed E-state index contributed by atoms with van der Waals surface area (Å²) < 4.78 is 5.55. The average molecular weight is 247 g/mol. The summed E-state index contributed by atoms with van der Waals surface area (Å²) in [6.45, 7) is 3.59. The van der Waals surface area contributed by atoms with Crippen molar-refractivity contribution < 1.29 is 9.53 Å². The number of rotatable bonds is 6. The molecular weight excluding hydrogens is 226 g/mol. The van der Waals surface area contributed by atoms with Crippen LogP contribution >= 0.6 is 0 Å². The average Bonchev–Trinajstić information content (AvgIpc) is 2.84. The molecule has 1 amide bonds. The van der Waals surface area contributed by atoms with Crippen LogP contribution in [0.15, 0.2) is 18.2 Å². The van der Waals surface area contributed by atoms with Crippen LogP contribution in [-0.4, -0.2) is 19.1 Å². The number of fused-ring (bicyclic) bond motifs is 1. The molecule has 18 heavy (non-hydrogen) atoms. The van der Waals surface area contributed by atoms with Gasteiger partial charge in [-0.2, -0.15) is 0 Å². The van der Waals surface area contributed by atoms with Gasteiger partial charge in [0.1, 0.15) is 5.75 Å². The van der Waals surface area contributed by atoms with Gasteiger partial charge in [0.2, 0.25) is 5.91 Å². The van der Waals surface area contributed by atoms with Crippen LogP contribution in [0.25, 0.3) is 0 Å². The standard InChI is InChI=1S/C15H21NO2/c1-2-5-15(17)16-10-4-7-12-6-3-8-14-13(12)9-11-18-14/h3,6,8H,2,4-5,7,9-11H2,1H3,(H,16,17). The molecule has 1 heterocycles. The van der Waals surface area contributed by atoms with E-state index in [2.05, 4.69) is 17.4 Å². The van der Waals surface area contributed by atoms with Crippen LogP contribution in [0.5, 0.6) is 5.75 Å². The molecule has 1 aromatic carbocycles. The number of hydrogen-bond acceptors (Lipinski definition) is 2. The highest BCUT2D eigenvalue weighted by atomic mass is 16.5. The van der Waals surface area contributed by atoms with Crippen molar-refractivity contribution in [2.75, 3.05) is 13.2 Å². The minimum absolute atomic E-state index is 0.166. The Morgan fingerprint density at radius 1 is 1.44 bits per heavy atom. The fraction of sp³-hybridized carbons (Fsp3) is 0.533. The zero-order valence-corrected chi connectivity index (χ0v) is 11.0. The van der Waals surface area contributed by atoms with E-state index in [1.807, 2.05) is 13.0 Å². The summed E-state index contributed by atoms with van der Waals surface area (Å²) in [4.78, 5) is 11.3. The van der Waals surface area contributed by atoms with Gasteiger partial charge in [0.15, 0.2) is 0 Å². The number of hydrogen-bond donors (Lipinski definition) is 1. The molecule has 0 saturated carbocycles. The summed E-state index contributed by atoms with van der Waals surface area (Å²) in [7, 11) is 0. The molecule has 3 nitrogen and oxygen atoms in total. The summed E-state index contributed by atoms with van der Waals surface area (Å²) in [5, 5.41) is 2.95. The first kappa shape index (κ1) is 12.9. The topological polar surface area (TPSA) is 38.3 Å². The fourth-order valence-electron chi connectivity index (χ4n) is 2.35. The van der Waals surface area contributed by atoms with Crippen LogP contribution in [0.1, 0.15) is 37.3 Å². The van der Waals surface area contributed by atoms with Gasteiger partial charge < -0.3 is 10.1 Å². The molecule has 0 fully saturated rings. The van der Waals surface area contributed by atoms with E-state index in [0.717, 1.165) is 44.6 Å². The van der Waals surface area contributed by atoms with Crippen LogP contribution < -0.4 is 10.1 Å². The summed E-state index contributed by atoms with van der Waals surface area (Å²) in [5.41, 5.74) is 2.73. The van der Waals surface area contributed by atoms with E-state index in [9.17, 15) is 4.79 Å². The van der Waals surface area contributed by atoms with E-state index in [-0.39, 0.29) is 5.91 Å². The molecule has 0 bridgehead atoms. The largest absolute Gasteiger partial charge is 0.493 e. The van der Waals surface area contributed by atoms with Crippen LogP contribution in [0, 0.1) is 0 Å². The van der Waals surface area contributed by atoms with Crippen molar-refractivity contribution >= 4 is 5.91 Å². The van der Waals surface area contributed by atoms with Crippen molar-refractivity contribution in [3.05, 3.63) is 29.3 Å². The molecular formula is C15H21NO2. The predicted molar refractivity (Wildman–Crippen MR) is 71.9 cm³/mol. The Balaban J connectivity index is 1.77. The number of aryl methyl sites for hydroxylation is 1. The minimum atomic E-state index is 0.166. The summed E-state index contributed by atoms with van der Waals surface area (Å²) in [6.07, 6.45) is 4.57. The third kappa shape index (κ3) is 3.25. The van der Waals surface area contributed by atoms with Crippen molar-refractivity contribution in [1.29, 1.82) is 0 Å². The normalized spacial score (nSPS) is 12.9. The molecule has 2 rings (SSSR count). The quantitative estimate of drug-likeness (QED) is 0.784. The molecule has 0 aromatic heterocycles. The molecule has 1 aliphatic heterocycles. The third-order valence-electron chi connectivity index (χ3n) is 3.26. The van der Waals surface area contributed by atoms with Crippen LogP contribution in [0.2, 0.25) is 0 Å². The maximum atomic E-state index is 11.3. The van der Waals surface area contributed by atoms with Crippen LogP contribution in [-0.2, 0) is 17.6 Å². The van der Waals surface area contributed by atoms with Crippen LogP contribution in [0.3, 0.4) is 0 Å². The molecule has 3 heteroatoms. The Labute approximate surface area is 109 Å². The summed E-state index contributed by atoms with van der Waals surface area (Å²) >= 11 is 0. The van der Waals surface area contributed by atoms with Crippen molar-refractivity contribution in [2.45, 2.75) is 39.0 Å². The highest BCUT2D eigenvalue weighted by Gasteiger charge is 2.14. The van der Waals surface area contributed by atoms with Gasteiger partial charge in [-0.05, 0) is 30.9 Å². The Hall–Kier alpha value is -1.51. The Morgan fingerprint density at radius 3 is 3.17 bits per heavy atom. The number of carbonyl (C=O) groups is 1. The van der Waals surface area contributed by atoms with E-state index < -0.39 is 0 Å². The Kier molecular flexibility index (Phi) is 4.62. The number of benzene rings is 1. The Bertz CT molecular complexity index is 415. The lowest BCUT2D eigenvalue weighted by Gasteiger charge is -2.07. The first-order valence-corrected chi connectivity index (χ1v) is 6.81. The molecule has 0 aliphatic carbocycles. The summed E-state index contributed by atoms with van der Waals surface area (Å²) in [5.74, 6) is 1.21. The van der Waals surface area contributed by atoms with Crippen molar-refractivity contribution in [3.63, 3.8) is 0 Å². The van der Waals surface area contributed by atoms with E-state index in [4.69, 9.17) is 4.74 Å². The minimum Gasteiger partial charge on any atom is -0.493 e. The Morgan fingerprint density at radius 2 is 2.33 bits per heavy atom. The molecule has 1 aliphatic rings. The highest BCUT2D eigenvalue weighted by molar-refractivity contribution is 5.75. The fourth-order valence-corrected chi connectivity index (χ4v) is 2.35. The van der Waals surface area contributed by atoms with Crippen molar-refractivity contribution in [3.8, 4) is 5.75 Å². The number of amides is 1. The second-order valence-corrected chi connectivity index (χ2v) is 4.70. The van der Waals surface area contributed by atoms with Gasteiger partial charge in [-0.25, -0.2) is 0 Å². The van der Waals surface area contributed by atoms with Gasteiger partial charge in [0.25, 0.3) is 0 Å². The first-order valence-electron chi connectivity index (χ1n) is 6.81. The lowest BCUT2D eigenvalue weighted by Crippen LogP contribution is -2.24. The molecule has 1 aromatic rings. The second kappa shape index (κ2) is 6.43. The maximum Gasteiger partial charge on any atom is 0.219 e. The number of nitrogens with one attached hydrogen (secondary N) is 1. The molecule has 1 N–H and O–H groups in total. The molecule has 98 valence electrons. The smallest absolute Gasteiger partial charge is 0.219 e. The van der Waals surface area contributed by atoms with Gasteiger partial charge in [0.05, 0.1) is 6.61 Å². The summed E-state index contributed by atoms with van der Waals surface area (Å²) in [6, 6.07) is 6.26. The van der Waals surface area contributed by atoms with E-state index in [1.165, 1.54) is 11.1 Å². The number of carbonyl (C=O) groups excluding carboxylic acids is 1. The molecule has 0 atom stereocenters. The SMILES string of the molecule is CCCC(=O)NCCCc1cccc2c1CCO2. The van der Waals surface area contributed by atoms with E-state index in [0.29, 0.717) is 6.42 Å². The molecule has 0 radical (unpaired) electrons. The predicted octanol–water partition coefficient (Wildman–Crippen LogP) is 2.47. The second-order valence-electron chi connectivity index (χ2n) is 4.70. The maximum absolute atomic E-state index is 11.3. The van der Waals surface area contributed by atoms with Gasteiger partial charge in [-0.15, -0.1) is 0 Å². The van der Waals surface area contributed by atoms with Gasteiger partial charge >= 0.3 is 0 Å². The third-order valence-corrected chi connectivity index (χ3v) is 3.26. The monoisotopic (exact) mass is 247 g/mol. The van der Waals surface area contributed by atoms with Gasteiger partial charge in [0, 0.05) is 24.9 Å².